The second-order valence-electron chi connectivity index (χ2n) is 7.01. The van der Waals surface area contributed by atoms with Gasteiger partial charge in [0.25, 0.3) is 0 Å². The van der Waals surface area contributed by atoms with E-state index < -0.39 is 11.8 Å². The van der Waals surface area contributed by atoms with Crippen molar-refractivity contribution in [3.8, 4) is 17.2 Å². The minimum Gasteiger partial charge on any atom is -0.493 e. The monoisotopic (exact) mass is 407 g/mol. The maximum absolute atomic E-state index is 12.7. The van der Waals surface area contributed by atoms with E-state index in [1.165, 1.54) is 26.2 Å². The van der Waals surface area contributed by atoms with Crippen LogP contribution in [0.1, 0.15) is 19.4 Å². The maximum atomic E-state index is 12.7. The van der Waals surface area contributed by atoms with Crippen LogP contribution in [-0.4, -0.2) is 81.1 Å². The second kappa shape index (κ2) is 9.99. The number of hydrogen-bond acceptors (Lipinski definition) is 6. The van der Waals surface area contributed by atoms with E-state index in [2.05, 4.69) is 5.32 Å². The molecule has 0 spiro atoms. The summed E-state index contributed by atoms with van der Waals surface area (Å²) in [6.45, 7) is 5.00. The highest BCUT2D eigenvalue weighted by atomic mass is 16.5. The SMILES string of the molecule is COc1cc(CC(=O)N2CCN(C(=O)C(=O)NC(C)C)CC2)cc(OC)c1OC. The fourth-order valence-electron chi connectivity index (χ4n) is 3.15. The van der Waals surface area contributed by atoms with Crippen LogP contribution in [0.5, 0.6) is 17.2 Å². The third kappa shape index (κ3) is 5.52. The van der Waals surface area contributed by atoms with Crippen LogP contribution in [0.4, 0.5) is 0 Å². The molecular weight excluding hydrogens is 378 g/mol. The second-order valence-corrected chi connectivity index (χ2v) is 7.01. The minimum absolute atomic E-state index is 0.0713. The highest BCUT2D eigenvalue weighted by Gasteiger charge is 2.28. The van der Waals surface area contributed by atoms with Gasteiger partial charge in [0.1, 0.15) is 0 Å². The summed E-state index contributed by atoms with van der Waals surface area (Å²) in [4.78, 5) is 39.9. The van der Waals surface area contributed by atoms with Gasteiger partial charge in [-0.2, -0.15) is 0 Å². The Kier molecular flexibility index (Phi) is 7.69. The molecule has 160 valence electrons. The lowest BCUT2D eigenvalue weighted by atomic mass is 10.1. The molecule has 9 nitrogen and oxygen atoms in total. The highest BCUT2D eigenvalue weighted by molar-refractivity contribution is 6.35. The molecule has 1 aliphatic heterocycles. The first-order valence-electron chi connectivity index (χ1n) is 9.47. The van der Waals surface area contributed by atoms with E-state index in [9.17, 15) is 14.4 Å². The maximum Gasteiger partial charge on any atom is 0.312 e. The fourth-order valence-corrected chi connectivity index (χ4v) is 3.15. The van der Waals surface area contributed by atoms with Gasteiger partial charge in [-0.15, -0.1) is 0 Å². The molecule has 0 atom stereocenters. The molecule has 1 heterocycles. The van der Waals surface area contributed by atoms with Crippen LogP contribution in [0.15, 0.2) is 12.1 Å². The van der Waals surface area contributed by atoms with Gasteiger partial charge in [0, 0.05) is 32.2 Å². The molecule has 1 fully saturated rings. The number of nitrogens with one attached hydrogen (secondary N) is 1. The van der Waals surface area contributed by atoms with Crippen molar-refractivity contribution in [2.75, 3.05) is 47.5 Å². The molecule has 0 saturated carbocycles. The van der Waals surface area contributed by atoms with Crippen molar-refractivity contribution in [2.24, 2.45) is 0 Å². The lowest BCUT2D eigenvalue weighted by Gasteiger charge is -2.34. The number of rotatable bonds is 6. The zero-order valence-corrected chi connectivity index (χ0v) is 17.6. The lowest BCUT2D eigenvalue weighted by molar-refractivity contribution is -0.148. The first kappa shape index (κ1) is 22.3. The minimum atomic E-state index is -0.614. The summed E-state index contributed by atoms with van der Waals surface area (Å²) in [5, 5.41) is 2.59. The third-order valence-corrected chi connectivity index (χ3v) is 4.61. The molecule has 1 saturated heterocycles. The number of methoxy groups -OCH3 is 3. The number of ether oxygens (including phenoxy) is 3. The van der Waals surface area contributed by atoms with Gasteiger partial charge in [-0.3, -0.25) is 14.4 Å². The highest BCUT2D eigenvalue weighted by Crippen LogP contribution is 2.38. The Bertz CT molecular complexity index is 732. The lowest BCUT2D eigenvalue weighted by Crippen LogP contribution is -2.54. The molecule has 1 aromatic carbocycles. The normalized spacial score (nSPS) is 13.9. The standard InChI is InChI=1S/C20H29N3O6/c1-13(2)21-19(25)20(26)23-8-6-22(7-9-23)17(24)12-14-10-15(27-3)18(29-5)16(11-14)28-4/h10-11,13H,6-9,12H2,1-5H3,(H,21,25). The van der Waals surface area contributed by atoms with E-state index in [0.29, 0.717) is 43.4 Å². The van der Waals surface area contributed by atoms with Crippen LogP contribution in [0.3, 0.4) is 0 Å². The molecule has 0 aromatic heterocycles. The van der Waals surface area contributed by atoms with Crippen molar-refractivity contribution in [2.45, 2.75) is 26.3 Å². The number of nitrogens with zero attached hydrogens (tertiary/aromatic N) is 2. The van der Waals surface area contributed by atoms with Gasteiger partial charge < -0.3 is 29.3 Å². The molecule has 0 unspecified atom stereocenters. The van der Waals surface area contributed by atoms with Crippen LogP contribution >= 0.6 is 0 Å². The van der Waals surface area contributed by atoms with Crippen molar-refractivity contribution >= 4 is 17.7 Å². The molecule has 1 aromatic rings. The first-order valence-corrected chi connectivity index (χ1v) is 9.47. The Balaban J connectivity index is 1.98. The molecule has 0 bridgehead atoms. The Morgan fingerprint density at radius 2 is 1.45 bits per heavy atom. The molecule has 0 radical (unpaired) electrons. The Morgan fingerprint density at radius 1 is 0.931 bits per heavy atom. The largest absolute Gasteiger partial charge is 0.493 e. The molecular formula is C20H29N3O6. The van der Waals surface area contributed by atoms with Crippen LogP contribution < -0.4 is 19.5 Å². The topological polar surface area (TPSA) is 97.4 Å². The van der Waals surface area contributed by atoms with Gasteiger partial charge in [0.15, 0.2) is 11.5 Å². The molecule has 0 aliphatic carbocycles. The number of carbonyl (C=O) groups excluding carboxylic acids is 3. The quantitative estimate of drug-likeness (QED) is 0.688. The zero-order valence-electron chi connectivity index (χ0n) is 17.6. The Hall–Kier alpha value is -2.97. The zero-order chi connectivity index (χ0) is 21.6. The molecule has 9 heteroatoms. The summed E-state index contributed by atoms with van der Waals surface area (Å²) in [6.07, 6.45) is 0.165. The summed E-state index contributed by atoms with van der Waals surface area (Å²) >= 11 is 0. The predicted octanol–water partition coefficient (Wildman–Crippen LogP) is 0.450. The van der Waals surface area contributed by atoms with E-state index in [1.54, 1.807) is 30.9 Å². The predicted molar refractivity (Wildman–Crippen MR) is 106 cm³/mol. The van der Waals surface area contributed by atoms with Crippen molar-refractivity contribution in [3.63, 3.8) is 0 Å². The van der Waals surface area contributed by atoms with Crippen molar-refractivity contribution in [1.82, 2.24) is 15.1 Å². The van der Waals surface area contributed by atoms with Crippen molar-refractivity contribution in [3.05, 3.63) is 17.7 Å². The van der Waals surface area contributed by atoms with Gasteiger partial charge >= 0.3 is 11.8 Å². The third-order valence-electron chi connectivity index (χ3n) is 4.61. The summed E-state index contributed by atoms with van der Waals surface area (Å²) in [6, 6.07) is 3.39. The van der Waals surface area contributed by atoms with E-state index in [0.717, 1.165) is 5.56 Å². The van der Waals surface area contributed by atoms with E-state index in [-0.39, 0.29) is 18.4 Å². The average Bonchev–Trinajstić information content (AvgIpc) is 2.71. The van der Waals surface area contributed by atoms with Gasteiger partial charge in [0.05, 0.1) is 27.8 Å². The van der Waals surface area contributed by atoms with Gasteiger partial charge in [-0.05, 0) is 31.5 Å². The number of hydrogen-bond donors (Lipinski definition) is 1. The molecule has 29 heavy (non-hydrogen) atoms. The van der Waals surface area contributed by atoms with E-state index in [1.807, 2.05) is 0 Å². The van der Waals surface area contributed by atoms with Gasteiger partial charge in [-0.1, -0.05) is 0 Å². The average molecular weight is 407 g/mol. The van der Waals surface area contributed by atoms with Crippen molar-refractivity contribution < 1.29 is 28.6 Å². The van der Waals surface area contributed by atoms with E-state index in [4.69, 9.17) is 14.2 Å². The van der Waals surface area contributed by atoms with Crippen LogP contribution in [0.25, 0.3) is 0 Å². The van der Waals surface area contributed by atoms with Crippen molar-refractivity contribution in [1.29, 1.82) is 0 Å². The number of benzene rings is 1. The van der Waals surface area contributed by atoms with Crippen LogP contribution in [0.2, 0.25) is 0 Å². The fraction of sp³-hybridized carbons (Fsp3) is 0.550. The number of piperazine rings is 1. The molecule has 1 N–H and O–H groups in total. The Labute approximate surface area is 170 Å². The molecule has 2 rings (SSSR count). The summed E-state index contributed by atoms with van der Waals surface area (Å²) < 4.78 is 15.9. The summed E-state index contributed by atoms with van der Waals surface area (Å²) in [7, 11) is 4.57. The summed E-state index contributed by atoms with van der Waals surface area (Å²) in [5.74, 6) is 0.200. The number of amides is 3. The molecule has 3 amide bonds. The summed E-state index contributed by atoms with van der Waals surface area (Å²) in [5.41, 5.74) is 0.735. The van der Waals surface area contributed by atoms with Gasteiger partial charge in [-0.25, -0.2) is 0 Å². The van der Waals surface area contributed by atoms with Crippen LogP contribution in [-0.2, 0) is 20.8 Å². The van der Waals surface area contributed by atoms with Crippen LogP contribution in [0, 0.1) is 0 Å². The smallest absolute Gasteiger partial charge is 0.312 e. The Morgan fingerprint density at radius 3 is 1.90 bits per heavy atom. The first-order chi connectivity index (χ1) is 13.8. The number of carbonyl (C=O) groups is 3. The van der Waals surface area contributed by atoms with Gasteiger partial charge in [0.2, 0.25) is 11.7 Å². The molecule has 1 aliphatic rings. The van der Waals surface area contributed by atoms with E-state index >= 15 is 0 Å².